The number of aliphatic hydroxyl groups is 1. The van der Waals surface area contributed by atoms with E-state index in [0.29, 0.717) is 32.4 Å². The zero-order chi connectivity index (χ0) is 28.7. The molecule has 3 fully saturated rings. The number of rotatable bonds is 10. The van der Waals surface area contributed by atoms with Gasteiger partial charge in [0.2, 0.25) is 17.7 Å². The Kier molecular flexibility index (Phi) is 7.77. The number of benzene rings is 2. The number of nitrogens with one attached hydrogen (secondary N) is 2. The average Bonchev–Trinajstić information content (AvgIpc) is 3.44. The van der Waals surface area contributed by atoms with Crippen molar-refractivity contribution in [2.75, 3.05) is 18.5 Å². The van der Waals surface area contributed by atoms with Crippen molar-refractivity contribution in [2.45, 2.75) is 77.2 Å². The summed E-state index contributed by atoms with van der Waals surface area (Å²) in [5.41, 5.74) is 1.65. The lowest BCUT2D eigenvalue weighted by Crippen LogP contribution is -2.54. The number of ether oxygens (including phenoxy) is 1. The Hall–Kier alpha value is -3.23. The number of para-hydroxylation sites is 1. The van der Waals surface area contributed by atoms with Gasteiger partial charge >= 0.3 is 0 Å². The standard InChI is InChI=1S/C32H41N3O5/c1-20-12-11-13-21(2)26(20)34-29(38)27-32-18-22(3)31(4,40-32)24(28(37)33-19-23-14-7-5-8-15-23)25(32)30(39)35(27)16-9-6-10-17-36/h5,7-8,11-15,22,24-25,27,36H,6,9-10,16-19H2,1-4H3,(H,33,37)(H,34,38)/t22?,24-,25+,27?,31+,32?/m1/s1. The van der Waals surface area contributed by atoms with E-state index in [9.17, 15) is 19.5 Å². The molecule has 2 aromatic rings. The van der Waals surface area contributed by atoms with E-state index in [1.54, 1.807) is 4.90 Å². The van der Waals surface area contributed by atoms with Gasteiger partial charge in [-0.15, -0.1) is 0 Å². The SMILES string of the molecule is Cc1cccc(C)c1NC(=O)C1N(CCCCCO)C(=O)[C@@H]2[C@H](C(=O)NCc3ccccc3)[C@@]3(C)OC12CC3C. The Morgan fingerprint density at radius 2 is 1.73 bits per heavy atom. The van der Waals surface area contributed by atoms with Crippen molar-refractivity contribution in [3.8, 4) is 0 Å². The summed E-state index contributed by atoms with van der Waals surface area (Å²) in [6.45, 7) is 8.69. The molecule has 3 heterocycles. The molecule has 3 aliphatic rings. The van der Waals surface area contributed by atoms with Gasteiger partial charge in [0.05, 0.1) is 17.4 Å². The van der Waals surface area contributed by atoms with Crippen LogP contribution in [0.5, 0.6) is 0 Å². The molecule has 0 radical (unpaired) electrons. The zero-order valence-electron chi connectivity index (χ0n) is 23.9. The number of likely N-dealkylation sites (tertiary alicyclic amines) is 1. The monoisotopic (exact) mass is 547 g/mol. The highest BCUT2D eigenvalue weighted by Crippen LogP contribution is 2.65. The van der Waals surface area contributed by atoms with Crippen LogP contribution in [-0.4, -0.2) is 58.1 Å². The Morgan fingerprint density at radius 1 is 1.02 bits per heavy atom. The molecule has 5 rings (SSSR count). The van der Waals surface area contributed by atoms with E-state index < -0.39 is 29.1 Å². The van der Waals surface area contributed by atoms with Crippen molar-refractivity contribution < 1.29 is 24.2 Å². The maximum atomic E-state index is 14.2. The van der Waals surface area contributed by atoms with Gasteiger partial charge in [0.1, 0.15) is 11.6 Å². The molecule has 6 atom stereocenters. The van der Waals surface area contributed by atoms with Gasteiger partial charge in [-0.2, -0.15) is 0 Å². The molecule has 3 N–H and O–H groups in total. The predicted octanol–water partition coefficient (Wildman–Crippen LogP) is 3.73. The van der Waals surface area contributed by atoms with E-state index in [-0.39, 0.29) is 30.2 Å². The summed E-state index contributed by atoms with van der Waals surface area (Å²) in [5.74, 6) is -2.15. The van der Waals surface area contributed by atoms with Crippen molar-refractivity contribution in [2.24, 2.45) is 17.8 Å². The van der Waals surface area contributed by atoms with Crippen molar-refractivity contribution >= 4 is 23.4 Å². The third kappa shape index (κ3) is 4.61. The highest BCUT2D eigenvalue weighted by Gasteiger charge is 2.79. The fourth-order valence-corrected chi connectivity index (χ4v) is 7.35. The van der Waals surface area contributed by atoms with Crippen molar-refractivity contribution in [1.29, 1.82) is 0 Å². The van der Waals surface area contributed by atoms with Gasteiger partial charge in [0, 0.05) is 25.4 Å². The molecule has 214 valence electrons. The summed E-state index contributed by atoms with van der Waals surface area (Å²) in [6.07, 6.45) is 2.55. The van der Waals surface area contributed by atoms with Gasteiger partial charge in [0.15, 0.2) is 0 Å². The quantitative estimate of drug-likeness (QED) is 0.393. The first-order valence-corrected chi connectivity index (χ1v) is 14.4. The average molecular weight is 548 g/mol. The number of anilines is 1. The van der Waals surface area contributed by atoms with Crippen LogP contribution in [0.25, 0.3) is 0 Å². The first-order valence-electron chi connectivity index (χ1n) is 14.4. The lowest BCUT2D eigenvalue weighted by Gasteiger charge is -2.36. The molecule has 0 saturated carbocycles. The molecule has 2 bridgehead atoms. The van der Waals surface area contributed by atoms with E-state index in [2.05, 4.69) is 17.6 Å². The molecule has 8 heteroatoms. The van der Waals surface area contributed by atoms with Crippen molar-refractivity contribution in [1.82, 2.24) is 10.2 Å². The van der Waals surface area contributed by atoms with Crippen molar-refractivity contribution in [3.05, 3.63) is 65.2 Å². The fourth-order valence-electron chi connectivity index (χ4n) is 7.35. The van der Waals surface area contributed by atoms with Crippen LogP contribution in [0.15, 0.2) is 48.5 Å². The topological polar surface area (TPSA) is 108 Å². The second-order valence-corrected chi connectivity index (χ2v) is 12.0. The number of hydrogen-bond acceptors (Lipinski definition) is 5. The first-order chi connectivity index (χ1) is 19.1. The van der Waals surface area contributed by atoms with Crippen LogP contribution in [0.3, 0.4) is 0 Å². The molecule has 8 nitrogen and oxygen atoms in total. The van der Waals surface area contributed by atoms with E-state index in [1.165, 1.54) is 0 Å². The minimum atomic E-state index is -1.09. The molecule has 0 aliphatic carbocycles. The normalized spacial score (nSPS) is 30.4. The largest absolute Gasteiger partial charge is 0.396 e. The maximum absolute atomic E-state index is 14.2. The molecule has 0 aromatic heterocycles. The minimum absolute atomic E-state index is 0.0196. The van der Waals surface area contributed by atoms with Crippen LogP contribution >= 0.6 is 0 Å². The Labute approximate surface area is 236 Å². The van der Waals surface area contributed by atoms with Crippen LogP contribution in [0, 0.1) is 31.6 Å². The fraction of sp³-hybridized carbons (Fsp3) is 0.531. The van der Waals surface area contributed by atoms with E-state index in [0.717, 1.165) is 28.8 Å². The Bertz CT molecular complexity index is 1260. The van der Waals surface area contributed by atoms with Crippen molar-refractivity contribution in [3.63, 3.8) is 0 Å². The molecule has 3 aliphatic heterocycles. The van der Waals surface area contributed by atoms with Gasteiger partial charge in [-0.1, -0.05) is 55.5 Å². The second kappa shape index (κ2) is 11.0. The number of amides is 3. The van der Waals surface area contributed by atoms with Gasteiger partial charge in [-0.3, -0.25) is 14.4 Å². The highest BCUT2D eigenvalue weighted by atomic mass is 16.5. The number of nitrogens with zero attached hydrogens (tertiary/aromatic N) is 1. The first kappa shape index (κ1) is 28.3. The van der Waals surface area contributed by atoms with E-state index >= 15 is 0 Å². The van der Waals surface area contributed by atoms with Crippen LogP contribution in [0.4, 0.5) is 5.69 Å². The number of carbonyl (C=O) groups is 3. The number of carbonyl (C=O) groups excluding carboxylic acids is 3. The van der Waals surface area contributed by atoms with Gasteiger partial charge < -0.3 is 25.4 Å². The molecular weight excluding hydrogens is 506 g/mol. The predicted molar refractivity (Wildman–Crippen MR) is 152 cm³/mol. The third-order valence-corrected chi connectivity index (χ3v) is 9.44. The van der Waals surface area contributed by atoms with Crippen LogP contribution < -0.4 is 10.6 Å². The Morgan fingerprint density at radius 3 is 2.40 bits per heavy atom. The van der Waals surface area contributed by atoms with E-state index in [4.69, 9.17) is 4.74 Å². The smallest absolute Gasteiger partial charge is 0.250 e. The molecule has 3 unspecified atom stereocenters. The summed E-state index contributed by atoms with van der Waals surface area (Å²) in [5, 5.41) is 15.4. The lowest BCUT2D eigenvalue weighted by atomic mass is 9.62. The molecule has 40 heavy (non-hydrogen) atoms. The summed E-state index contributed by atoms with van der Waals surface area (Å²) in [6, 6.07) is 14.7. The lowest BCUT2D eigenvalue weighted by molar-refractivity contribution is -0.146. The number of hydrogen-bond donors (Lipinski definition) is 3. The molecule has 3 saturated heterocycles. The number of fused-ring (bicyclic) bond motifs is 1. The number of aryl methyl sites for hydroxylation is 2. The van der Waals surface area contributed by atoms with Gasteiger partial charge in [0.25, 0.3) is 0 Å². The zero-order valence-corrected chi connectivity index (χ0v) is 23.9. The van der Waals surface area contributed by atoms with Gasteiger partial charge in [-0.05, 0) is 69.1 Å². The summed E-state index contributed by atoms with van der Waals surface area (Å²) in [7, 11) is 0. The van der Waals surface area contributed by atoms with Crippen LogP contribution in [-0.2, 0) is 25.7 Å². The summed E-state index contributed by atoms with van der Waals surface area (Å²) >= 11 is 0. The number of unbranched alkanes of at least 4 members (excludes halogenated alkanes) is 2. The van der Waals surface area contributed by atoms with Gasteiger partial charge in [-0.25, -0.2) is 0 Å². The Balaban J connectivity index is 1.48. The van der Waals surface area contributed by atoms with Crippen LogP contribution in [0.2, 0.25) is 0 Å². The maximum Gasteiger partial charge on any atom is 0.250 e. The highest BCUT2D eigenvalue weighted by molar-refractivity contribution is 6.04. The summed E-state index contributed by atoms with van der Waals surface area (Å²) in [4.78, 5) is 43.8. The van der Waals surface area contributed by atoms with Crippen LogP contribution in [0.1, 0.15) is 56.2 Å². The molecule has 1 spiro atoms. The summed E-state index contributed by atoms with van der Waals surface area (Å²) < 4.78 is 6.81. The van der Waals surface area contributed by atoms with E-state index in [1.807, 2.05) is 69.3 Å². The molecular formula is C32H41N3O5. The molecule has 3 amide bonds. The number of aliphatic hydroxyl groups excluding tert-OH is 1. The third-order valence-electron chi connectivity index (χ3n) is 9.44. The second-order valence-electron chi connectivity index (χ2n) is 12.0. The minimum Gasteiger partial charge on any atom is -0.396 e. The molecule has 2 aromatic carbocycles.